The second-order valence-corrected chi connectivity index (χ2v) is 8.11. The second kappa shape index (κ2) is 8.83. The van der Waals surface area contributed by atoms with Gasteiger partial charge in [0.1, 0.15) is 11.4 Å². The number of carbonyl (C=O) groups excluding carboxylic acids is 1. The van der Waals surface area contributed by atoms with Crippen molar-refractivity contribution in [3.63, 3.8) is 0 Å². The molecule has 1 aliphatic rings. The summed E-state index contributed by atoms with van der Waals surface area (Å²) in [5, 5.41) is 15.6. The highest BCUT2D eigenvalue weighted by Crippen LogP contribution is 2.40. The molecule has 1 unspecified atom stereocenters. The Morgan fingerprint density at radius 2 is 1.90 bits per heavy atom. The summed E-state index contributed by atoms with van der Waals surface area (Å²) in [6.07, 6.45) is 0.531. The molecule has 0 aliphatic carbocycles. The summed E-state index contributed by atoms with van der Waals surface area (Å²) in [7, 11) is 4.06. The topological polar surface area (TPSA) is 86.9 Å². The van der Waals surface area contributed by atoms with E-state index >= 15 is 0 Å². The number of amides is 1. The monoisotopic (exact) mass is 418 g/mol. The Kier molecular flexibility index (Phi) is 5.97. The number of aliphatic hydroxyl groups is 1. The molecule has 0 spiro atoms. The quantitative estimate of drug-likeness (QED) is 0.569. The largest absolute Gasteiger partial charge is 0.396 e. The number of hydrogen-bond acceptors (Lipinski definition) is 5. The highest BCUT2D eigenvalue weighted by atomic mass is 16.3. The van der Waals surface area contributed by atoms with Gasteiger partial charge in [0, 0.05) is 25.3 Å². The number of nitrogens with zero attached hydrogens (tertiary/aromatic N) is 3. The van der Waals surface area contributed by atoms with Crippen LogP contribution in [0.2, 0.25) is 0 Å². The number of nitroso groups, excluding NO2 is 1. The normalized spacial score (nSPS) is 15.6. The molecule has 160 valence electrons. The van der Waals surface area contributed by atoms with E-state index in [2.05, 4.69) is 39.7 Å². The molecule has 1 aliphatic heterocycles. The van der Waals surface area contributed by atoms with Crippen molar-refractivity contribution in [2.24, 2.45) is 5.18 Å². The Bertz CT molecular complexity index is 1100. The Balaban J connectivity index is 1.92. The first kappa shape index (κ1) is 21.0. The van der Waals surface area contributed by atoms with E-state index in [1.54, 1.807) is 18.2 Å². The van der Waals surface area contributed by atoms with Gasteiger partial charge in [0.15, 0.2) is 0 Å². The summed E-state index contributed by atoms with van der Waals surface area (Å²) in [5.74, 6) is -0.143. The number of benzene rings is 2. The van der Waals surface area contributed by atoms with Gasteiger partial charge >= 0.3 is 0 Å². The highest BCUT2D eigenvalue weighted by Gasteiger charge is 2.30. The average Bonchev–Trinajstić information content (AvgIpc) is 3.18. The van der Waals surface area contributed by atoms with Crippen molar-refractivity contribution in [1.29, 1.82) is 0 Å². The highest BCUT2D eigenvalue weighted by molar-refractivity contribution is 5.98. The molecule has 7 nitrogen and oxygen atoms in total. The van der Waals surface area contributed by atoms with Crippen LogP contribution in [-0.4, -0.2) is 47.7 Å². The Morgan fingerprint density at radius 1 is 1.13 bits per heavy atom. The lowest BCUT2D eigenvalue weighted by Crippen LogP contribution is -2.39. The third-order valence-corrected chi connectivity index (χ3v) is 5.58. The van der Waals surface area contributed by atoms with Gasteiger partial charge in [-0.2, -0.15) is 0 Å². The molecular weight excluding hydrogens is 392 g/mol. The SMILES string of the molecule is CN(C)Cc1ccc(-c2c(-c3cccc(N=O)c3)cc3n2C(CCO)CNC3=O)cc1. The minimum atomic E-state index is -0.143. The van der Waals surface area contributed by atoms with Gasteiger partial charge in [-0.1, -0.05) is 36.4 Å². The first-order valence-corrected chi connectivity index (χ1v) is 10.3. The van der Waals surface area contributed by atoms with Crippen LogP contribution >= 0.6 is 0 Å². The van der Waals surface area contributed by atoms with Crippen molar-refractivity contribution in [2.75, 3.05) is 27.2 Å². The fourth-order valence-corrected chi connectivity index (χ4v) is 4.23. The van der Waals surface area contributed by atoms with Crippen molar-refractivity contribution in [2.45, 2.75) is 19.0 Å². The minimum absolute atomic E-state index is 0.0270. The zero-order valence-electron chi connectivity index (χ0n) is 17.7. The van der Waals surface area contributed by atoms with Gasteiger partial charge in [-0.05, 0) is 60.6 Å². The van der Waals surface area contributed by atoms with E-state index in [9.17, 15) is 14.8 Å². The van der Waals surface area contributed by atoms with Crippen molar-refractivity contribution >= 4 is 11.6 Å². The standard InChI is InChI=1S/C24H26N4O3/c1-27(2)15-16-6-8-17(9-7-16)23-21(18-4-3-5-19(12-18)26-31)13-22-24(30)25-14-20(10-11-29)28(22)23/h3-9,12-13,20,29H,10-11,14-15H2,1-2H3,(H,25,30). The lowest BCUT2D eigenvalue weighted by atomic mass is 9.99. The van der Waals surface area contributed by atoms with E-state index in [1.807, 2.05) is 30.8 Å². The van der Waals surface area contributed by atoms with Crippen LogP contribution in [0.15, 0.2) is 59.8 Å². The summed E-state index contributed by atoms with van der Waals surface area (Å²) in [6, 6.07) is 17.2. The summed E-state index contributed by atoms with van der Waals surface area (Å²) < 4.78 is 2.03. The molecule has 0 radical (unpaired) electrons. The van der Waals surface area contributed by atoms with Crippen molar-refractivity contribution in [3.8, 4) is 22.4 Å². The molecule has 2 heterocycles. The van der Waals surface area contributed by atoms with Gasteiger partial charge in [0.2, 0.25) is 0 Å². The molecular formula is C24H26N4O3. The maximum absolute atomic E-state index is 12.7. The molecule has 1 aromatic heterocycles. The Hall–Kier alpha value is -3.29. The molecule has 2 N–H and O–H groups in total. The molecule has 3 aromatic rings. The van der Waals surface area contributed by atoms with Crippen LogP contribution in [0.3, 0.4) is 0 Å². The third kappa shape index (κ3) is 4.15. The van der Waals surface area contributed by atoms with E-state index in [-0.39, 0.29) is 18.6 Å². The van der Waals surface area contributed by atoms with Crippen LogP contribution in [0, 0.1) is 4.91 Å². The number of rotatable bonds is 7. The first-order chi connectivity index (χ1) is 15.0. The molecule has 1 amide bonds. The predicted octanol–water partition coefficient (Wildman–Crippen LogP) is 3.95. The van der Waals surface area contributed by atoms with Crippen molar-refractivity contribution in [3.05, 3.63) is 70.8 Å². The number of carbonyl (C=O) groups is 1. The molecule has 0 saturated heterocycles. The number of fused-ring (bicyclic) bond motifs is 1. The average molecular weight is 418 g/mol. The molecule has 7 heteroatoms. The van der Waals surface area contributed by atoms with Crippen molar-refractivity contribution in [1.82, 2.24) is 14.8 Å². The lowest BCUT2D eigenvalue weighted by molar-refractivity contribution is 0.0908. The maximum atomic E-state index is 12.7. The van der Waals surface area contributed by atoms with Gasteiger partial charge < -0.3 is 19.9 Å². The molecule has 4 rings (SSSR count). The summed E-state index contributed by atoms with van der Waals surface area (Å²) in [4.78, 5) is 25.9. The zero-order valence-corrected chi connectivity index (χ0v) is 17.7. The van der Waals surface area contributed by atoms with Crippen LogP contribution in [0.1, 0.15) is 28.5 Å². The van der Waals surface area contributed by atoms with Crippen LogP contribution in [0.5, 0.6) is 0 Å². The molecule has 1 atom stereocenters. The van der Waals surface area contributed by atoms with Crippen LogP contribution in [0.4, 0.5) is 5.69 Å². The van der Waals surface area contributed by atoms with Gasteiger partial charge in [-0.25, -0.2) is 0 Å². The van der Waals surface area contributed by atoms with Crippen molar-refractivity contribution < 1.29 is 9.90 Å². The maximum Gasteiger partial charge on any atom is 0.268 e. The molecule has 0 fully saturated rings. The van der Waals surface area contributed by atoms with Crippen LogP contribution < -0.4 is 5.32 Å². The smallest absolute Gasteiger partial charge is 0.268 e. The van der Waals surface area contributed by atoms with Gasteiger partial charge in [0.25, 0.3) is 5.91 Å². The molecule has 2 aromatic carbocycles. The Morgan fingerprint density at radius 3 is 2.58 bits per heavy atom. The fraction of sp³-hybridized carbons (Fsp3) is 0.292. The zero-order chi connectivity index (χ0) is 22.0. The first-order valence-electron chi connectivity index (χ1n) is 10.3. The van der Waals surface area contributed by atoms with E-state index in [0.29, 0.717) is 24.3 Å². The van der Waals surface area contributed by atoms with Gasteiger partial charge in [0.05, 0.1) is 11.7 Å². The minimum Gasteiger partial charge on any atom is -0.396 e. The number of nitrogens with one attached hydrogen (secondary N) is 1. The summed E-state index contributed by atoms with van der Waals surface area (Å²) >= 11 is 0. The number of aliphatic hydroxyl groups excluding tert-OH is 1. The summed E-state index contributed by atoms with van der Waals surface area (Å²) in [5.41, 5.74) is 5.65. The van der Waals surface area contributed by atoms with Gasteiger partial charge in [-0.3, -0.25) is 4.79 Å². The molecule has 31 heavy (non-hydrogen) atoms. The van der Waals surface area contributed by atoms with Crippen LogP contribution in [-0.2, 0) is 6.54 Å². The molecule has 0 bridgehead atoms. The molecule has 0 saturated carbocycles. The summed E-state index contributed by atoms with van der Waals surface area (Å²) in [6.45, 7) is 1.32. The van der Waals surface area contributed by atoms with E-state index in [4.69, 9.17) is 0 Å². The van der Waals surface area contributed by atoms with Gasteiger partial charge in [-0.15, -0.1) is 4.91 Å². The van der Waals surface area contributed by atoms with Crippen LogP contribution in [0.25, 0.3) is 22.4 Å². The van der Waals surface area contributed by atoms with E-state index in [1.165, 1.54) is 5.56 Å². The third-order valence-electron chi connectivity index (χ3n) is 5.58. The fourth-order valence-electron chi connectivity index (χ4n) is 4.23. The van der Waals surface area contributed by atoms with E-state index < -0.39 is 0 Å². The second-order valence-electron chi connectivity index (χ2n) is 8.11. The predicted molar refractivity (Wildman–Crippen MR) is 121 cm³/mol. The number of hydrogen-bond donors (Lipinski definition) is 2. The number of aromatic nitrogens is 1. The lowest BCUT2D eigenvalue weighted by Gasteiger charge is -2.28. The van der Waals surface area contributed by atoms with E-state index in [0.717, 1.165) is 28.9 Å². The Labute approximate surface area is 181 Å².